The lowest BCUT2D eigenvalue weighted by Crippen LogP contribution is -2.46. The van der Waals surface area contributed by atoms with Crippen molar-refractivity contribution in [2.75, 3.05) is 0 Å². The molecule has 0 saturated heterocycles. The number of rotatable bonds is 4. The van der Waals surface area contributed by atoms with Gasteiger partial charge in [0.15, 0.2) is 0 Å². The van der Waals surface area contributed by atoms with Gasteiger partial charge in [0.1, 0.15) is 5.75 Å². The van der Waals surface area contributed by atoms with Gasteiger partial charge < -0.3 is 4.74 Å². The highest BCUT2D eigenvalue weighted by atomic mass is 32.2. The predicted octanol–water partition coefficient (Wildman–Crippen LogP) is 2.65. The number of esters is 1. The SMILES string of the molecule is O=C(Oc1ccccc1)C(=O)N(C(=O)c1ccccc1)S(=O)(=O)c1ccccc1. The highest BCUT2D eigenvalue weighted by Crippen LogP contribution is 2.20. The zero-order valence-electron chi connectivity index (χ0n) is 15.0. The fourth-order valence-electron chi connectivity index (χ4n) is 2.43. The van der Waals surface area contributed by atoms with Crippen LogP contribution in [0.15, 0.2) is 95.9 Å². The minimum Gasteiger partial charge on any atom is -0.419 e. The van der Waals surface area contributed by atoms with Gasteiger partial charge in [0.25, 0.3) is 15.9 Å². The molecule has 3 aromatic carbocycles. The number of amides is 2. The molecular formula is C21H15NO6S. The zero-order valence-corrected chi connectivity index (χ0v) is 15.8. The van der Waals surface area contributed by atoms with Crippen molar-refractivity contribution in [3.05, 3.63) is 96.6 Å². The molecule has 0 aliphatic carbocycles. The van der Waals surface area contributed by atoms with E-state index in [9.17, 15) is 22.8 Å². The van der Waals surface area contributed by atoms with Crippen molar-refractivity contribution in [1.29, 1.82) is 0 Å². The molecule has 0 atom stereocenters. The Hall–Kier alpha value is -3.78. The van der Waals surface area contributed by atoms with Gasteiger partial charge in [-0.25, -0.2) is 13.2 Å². The van der Waals surface area contributed by atoms with E-state index < -0.39 is 27.8 Å². The molecule has 7 nitrogen and oxygen atoms in total. The van der Waals surface area contributed by atoms with Crippen LogP contribution in [-0.2, 0) is 19.6 Å². The first kappa shape index (κ1) is 20.0. The third-order valence-electron chi connectivity index (χ3n) is 3.80. The summed E-state index contributed by atoms with van der Waals surface area (Å²) in [5.74, 6) is -4.24. The van der Waals surface area contributed by atoms with E-state index in [1.807, 2.05) is 0 Å². The van der Waals surface area contributed by atoms with E-state index in [1.165, 1.54) is 60.7 Å². The summed E-state index contributed by atoms with van der Waals surface area (Å²) >= 11 is 0. The van der Waals surface area contributed by atoms with Crippen LogP contribution in [0, 0.1) is 0 Å². The van der Waals surface area contributed by atoms with E-state index in [2.05, 4.69) is 0 Å². The van der Waals surface area contributed by atoms with Crippen molar-refractivity contribution in [2.45, 2.75) is 4.90 Å². The predicted molar refractivity (Wildman–Crippen MR) is 103 cm³/mol. The minimum atomic E-state index is -4.65. The van der Waals surface area contributed by atoms with Gasteiger partial charge in [-0.1, -0.05) is 54.6 Å². The van der Waals surface area contributed by atoms with Crippen LogP contribution in [0.2, 0.25) is 0 Å². The van der Waals surface area contributed by atoms with Crippen LogP contribution >= 0.6 is 0 Å². The molecule has 8 heteroatoms. The summed E-state index contributed by atoms with van der Waals surface area (Å²) in [5.41, 5.74) is -0.0760. The van der Waals surface area contributed by atoms with Crippen molar-refractivity contribution < 1.29 is 27.5 Å². The maximum absolute atomic E-state index is 13.0. The molecule has 0 aliphatic rings. The summed E-state index contributed by atoms with van der Waals surface area (Å²) < 4.78 is 30.9. The van der Waals surface area contributed by atoms with Crippen LogP contribution in [0.25, 0.3) is 0 Å². The second-order valence-electron chi connectivity index (χ2n) is 5.76. The topological polar surface area (TPSA) is 97.8 Å². The maximum Gasteiger partial charge on any atom is 0.403 e. The van der Waals surface area contributed by atoms with Crippen LogP contribution in [0.5, 0.6) is 5.75 Å². The second-order valence-corrected chi connectivity index (χ2v) is 7.55. The van der Waals surface area contributed by atoms with Crippen molar-refractivity contribution >= 4 is 27.8 Å². The molecule has 29 heavy (non-hydrogen) atoms. The molecule has 3 aromatic rings. The smallest absolute Gasteiger partial charge is 0.403 e. The second kappa shape index (κ2) is 8.49. The van der Waals surface area contributed by atoms with E-state index in [1.54, 1.807) is 30.3 Å². The Kier molecular flexibility index (Phi) is 5.85. The number of imide groups is 1. The number of carbonyl (C=O) groups excluding carboxylic acids is 3. The summed E-state index contributed by atoms with van der Waals surface area (Å²) in [6, 6.07) is 21.8. The fraction of sp³-hybridized carbons (Fsp3) is 0. The van der Waals surface area contributed by atoms with Crippen LogP contribution in [0.1, 0.15) is 10.4 Å². The van der Waals surface area contributed by atoms with Crippen LogP contribution < -0.4 is 4.74 Å². The van der Waals surface area contributed by atoms with Crippen LogP contribution in [0.3, 0.4) is 0 Å². The monoisotopic (exact) mass is 409 g/mol. The molecule has 0 heterocycles. The van der Waals surface area contributed by atoms with E-state index in [0.29, 0.717) is 0 Å². The molecular weight excluding hydrogens is 394 g/mol. The van der Waals surface area contributed by atoms with Crippen LogP contribution in [0.4, 0.5) is 0 Å². The van der Waals surface area contributed by atoms with E-state index >= 15 is 0 Å². The zero-order chi connectivity index (χ0) is 20.9. The summed E-state index contributed by atoms with van der Waals surface area (Å²) in [5, 5.41) is 0. The highest BCUT2D eigenvalue weighted by Gasteiger charge is 2.40. The third kappa shape index (κ3) is 4.39. The maximum atomic E-state index is 13.0. The number of ether oxygens (including phenoxy) is 1. The van der Waals surface area contributed by atoms with Crippen molar-refractivity contribution in [2.24, 2.45) is 0 Å². The largest absolute Gasteiger partial charge is 0.419 e. The number of hydrogen-bond donors (Lipinski definition) is 0. The first-order valence-corrected chi connectivity index (χ1v) is 9.86. The molecule has 0 aromatic heterocycles. The molecule has 0 radical (unpaired) electrons. The van der Waals surface area contributed by atoms with Gasteiger partial charge in [0.05, 0.1) is 4.90 Å². The first-order valence-electron chi connectivity index (χ1n) is 8.42. The first-order chi connectivity index (χ1) is 13.9. The average Bonchev–Trinajstić information content (AvgIpc) is 2.75. The lowest BCUT2D eigenvalue weighted by molar-refractivity contribution is -0.150. The molecule has 146 valence electrons. The number of sulfonamides is 1. The molecule has 0 fully saturated rings. The Bertz CT molecular complexity index is 1130. The molecule has 3 rings (SSSR count). The Morgan fingerprint density at radius 2 is 1.17 bits per heavy atom. The molecule has 0 unspecified atom stereocenters. The summed E-state index contributed by atoms with van der Waals surface area (Å²) in [4.78, 5) is 37.6. The van der Waals surface area contributed by atoms with Crippen molar-refractivity contribution in [3.63, 3.8) is 0 Å². The normalized spacial score (nSPS) is 10.8. The van der Waals surface area contributed by atoms with Crippen molar-refractivity contribution in [1.82, 2.24) is 4.31 Å². The molecule has 0 aliphatic heterocycles. The van der Waals surface area contributed by atoms with Crippen LogP contribution in [-0.4, -0.2) is 30.5 Å². The Balaban J connectivity index is 2.02. The number of nitrogens with zero attached hydrogens (tertiary/aromatic N) is 1. The van der Waals surface area contributed by atoms with E-state index in [4.69, 9.17) is 4.74 Å². The summed E-state index contributed by atoms with van der Waals surface area (Å²) in [6.45, 7) is 0. The van der Waals surface area contributed by atoms with Gasteiger partial charge >= 0.3 is 11.9 Å². The van der Waals surface area contributed by atoms with E-state index in [-0.39, 0.29) is 20.5 Å². The highest BCUT2D eigenvalue weighted by molar-refractivity contribution is 7.90. The van der Waals surface area contributed by atoms with Gasteiger partial charge in [-0.3, -0.25) is 9.59 Å². The number of para-hydroxylation sites is 1. The van der Waals surface area contributed by atoms with Gasteiger partial charge in [-0.15, -0.1) is 0 Å². The third-order valence-corrected chi connectivity index (χ3v) is 5.48. The number of benzene rings is 3. The Morgan fingerprint density at radius 1 is 0.690 bits per heavy atom. The number of carbonyl (C=O) groups is 3. The lowest BCUT2D eigenvalue weighted by Gasteiger charge is -2.20. The Labute approximate surface area is 167 Å². The molecule has 0 saturated carbocycles. The van der Waals surface area contributed by atoms with Gasteiger partial charge in [0, 0.05) is 5.56 Å². The summed E-state index contributed by atoms with van der Waals surface area (Å²) in [7, 11) is -4.65. The van der Waals surface area contributed by atoms with Gasteiger partial charge in [-0.2, -0.15) is 4.31 Å². The minimum absolute atomic E-state index is 0.0371. The summed E-state index contributed by atoms with van der Waals surface area (Å²) in [6.07, 6.45) is 0. The molecule has 0 spiro atoms. The van der Waals surface area contributed by atoms with Crippen molar-refractivity contribution in [3.8, 4) is 5.75 Å². The fourth-order valence-corrected chi connectivity index (χ4v) is 3.76. The molecule has 0 N–H and O–H groups in total. The number of hydrogen-bond acceptors (Lipinski definition) is 6. The lowest BCUT2D eigenvalue weighted by atomic mass is 10.2. The van der Waals surface area contributed by atoms with Gasteiger partial charge in [-0.05, 0) is 36.4 Å². The standard InChI is InChI=1S/C21H15NO6S/c23-19(16-10-4-1-5-11-16)22(29(26,27)18-14-8-3-9-15-18)20(24)21(25)28-17-12-6-2-7-13-17/h1-15H. The Morgan fingerprint density at radius 3 is 1.72 bits per heavy atom. The quantitative estimate of drug-likeness (QED) is 0.373. The molecule has 2 amide bonds. The average molecular weight is 409 g/mol. The van der Waals surface area contributed by atoms with E-state index in [0.717, 1.165) is 0 Å². The molecule has 0 bridgehead atoms. The van der Waals surface area contributed by atoms with Gasteiger partial charge in [0.2, 0.25) is 0 Å².